The zero-order valence-electron chi connectivity index (χ0n) is 22.3. The summed E-state index contributed by atoms with van der Waals surface area (Å²) < 4.78 is 42.5. The molecule has 0 unspecified atom stereocenters. The third-order valence-electron chi connectivity index (χ3n) is 8.46. The Kier molecular flexibility index (Phi) is 7.25. The van der Waals surface area contributed by atoms with E-state index in [1.807, 2.05) is 0 Å². The van der Waals surface area contributed by atoms with E-state index in [0.29, 0.717) is 36.1 Å². The van der Waals surface area contributed by atoms with Crippen LogP contribution < -0.4 is 20.3 Å². The van der Waals surface area contributed by atoms with E-state index in [9.17, 15) is 18.5 Å². The molecule has 40 heavy (non-hydrogen) atoms. The number of sulfonamides is 1. The molecule has 10 nitrogen and oxygen atoms in total. The van der Waals surface area contributed by atoms with Gasteiger partial charge in [0.2, 0.25) is 10.0 Å². The Morgan fingerprint density at radius 3 is 2.73 bits per heavy atom. The number of ether oxygens (including phenoxy) is 2. The van der Waals surface area contributed by atoms with Crippen molar-refractivity contribution in [2.24, 2.45) is 0 Å². The third-order valence-corrected chi connectivity index (χ3v) is 10.3. The van der Waals surface area contributed by atoms with Crippen LogP contribution in [0.3, 0.4) is 0 Å². The molecule has 11 heteroatoms. The molecule has 3 fully saturated rings. The van der Waals surface area contributed by atoms with Crippen LogP contribution in [0.15, 0.2) is 47.5 Å². The summed E-state index contributed by atoms with van der Waals surface area (Å²) in [5.41, 5.74) is 0.444. The number of piperidine rings is 1. The summed E-state index contributed by atoms with van der Waals surface area (Å²) in [6.07, 6.45) is 8.24. The highest BCUT2D eigenvalue weighted by Crippen LogP contribution is 2.39. The standard InChI is InChI=1S/C29H33N5O5S/c30-17-24-26(33-40(36,37)22-5-2-1-3-6-22)7-4-8-27(24)39-21-9-10-25-23(15-21)28(35)34(19-32-25)20-16-29(38-18-20)11-13-31-14-12-29/h4,7-10,15,19-20,22,31,33H,1-3,5-6,11-14,16,18H2/t20-/m1/s1. The maximum absolute atomic E-state index is 13.5. The average molecular weight is 564 g/mol. The van der Waals surface area contributed by atoms with Crippen LogP contribution >= 0.6 is 0 Å². The van der Waals surface area contributed by atoms with Crippen LogP contribution in [0.2, 0.25) is 0 Å². The van der Waals surface area contributed by atoms with Gasteiger partial charge in [0, 0.05) is 0 Å². The van der Waals surface area contributed by atoms with Crippen molar-refractivity contribution in [2.45, 2.75) is 68.3 Å². The Morgan fingerprint density at radius 1 is 1.15 bits per heavy atom. The summed E-state index contributed by atoms with van der Waals surface area (Å²) in [5.74, 6) is 0.553. The average Bonchev–Trinajstić information content (AvgIpc) is 3.37. The van der Waals surface area contributed by atoms with Crippen LogP contribution in [0.4, 0.5) is 5.69 Å². The number of aromatic nitrogens is 2. The SMILES string of the molecule is N#Cc1c(NS(=O)(=O)C2CCCCC2)cccc1Oc1ccc2ncn([C@H]3COC4(CCNCC4)C3)c(=O)c2c1. The Balaban J connectivity index is 1.26. The van der Waals surface area contributed by atoms with E-state index in [1.165, 1.54) is 0 Å². The second-order valence-corrected chi connectivity index (χ2v) is 13.0. The monoisotopic (exact) mass is 563 g/mol. The van der Waals surface area contributed by atoms with Gasteiger partial charge < -0.3 is 14.8 Å². The molecule has 6 rings (SSSR count). The normalized spacial score (nSPS) is 21.3. The molecule has 1 saturated carbocycles. The van der Waals surface area contributed by atoms with Crippen LogP contribution in [0.5, 0.6) is 11.5 Å². The van der Waals surface area contributed by atoms with Gasteiger partial charge in [-0.1, -0.05) is 25.3 Å². The fourth-order valence-corrected chi connectivity index (χ4v) is 7.82. The van der Waals surface area contributed by atoms with Crippen molar-refractivity contribution in [3.05, 3.63) is 58.6 Å². The van der Waals surface area contributed by atoms with E-state index < -0.39 is 15.3 Å². The van der Waals surface area contributed by atoms with Gasteiger partial charge in [-0.15, -0.1) is 0 Å². The number of nitrogens with zero attached hydrogens (tertiary/aromatic N) is 3. The fourth-order valence-electron chi connectivity index (χ4n) is 6.22. The molecular formula is C29H33N5O5S. The Hall–Kier alpha value is -3.46. The van der Waals surface area contributed by atoms with Gasteiger partial charge in [-0.2, -0.15) is 5.26 Å². The zero-order chi connectivity index (χ0) is 27.7. The molecule has 210 valence electrons. The summed E-state index contributed by atoms with van der Waals surface area (Å²) in [4.78, 5) is 18.1. The van der Waals surface area contributed by atoms with E-state index in [1.54, 1.807) is 47.3 Å². The second kappa shape index (κ2) is 10.8. The van der Waals surface area contributed by atoms with Crippen LogP contribution in [0.1, 0.15) is 63.0 Å². The maximum Gasteiger partial charge on any atom is 0.261 e. The number of anilines is 1. The number of nitriles is 1. The first-order valence-electron chi connectivity index (χ1n) is 14.0. The second-order valence-electron chi connectivity index (χ2n) is 11.0. The fraction of sp³-hybridized carbons (Fsp3) is 0.483. The molecule has 0 amide bonds. The van der Waals surface area contributed by atoms with Crippen LogP contribution in [0, 0.1) is 11.3 Å². The molecule has 2 aliphatic heterocycles. The zero-order valence-corrected chi connectivity index (χ0v) is 23.1. The molecule has 3 aliphatic rings. The lowest BCUT2D eigenvalue weighted by molar-refractivity contribution is -0.0196. The summed E-state index contributed by atoms with van der Waals surface area (Å²) in [6.45, 7) is 2.29. The first-order chi connectivity index (χ1) is 19.4. The number of hydrogen-bond acceptors (Lipinski definition) is 8. The van der Waals surface area contributed by atoms with Gasteiger partial charge >= 0.3 is 0 Å². The molecule has 2 saturated heterocycles. The van der Waals surface area contributed by atoms with Crippen molar-refractivity contribution in [1.29, 1.82) is 5.26 Å². The molecule has 3 aromatic rings. The predicted octanol–water partition coefficient (Wildman–Crippen LogP) is 4.22. The summed E-state index contributed by atoms with van der Waals surface area (Å²) >= 11 is 0. The molecule has 0 radical (unpaired) electrons. The minimum absolute atomic E-state index is 0.0842. The maximum atomic E-state index is 13.5. The van der Waals surface area contributed by atoms with Gasteiger partial charge in [0.25, 0.3) is 5.56 Å². The highest BCUT2D eigenvalue weighted by Gasteiger charge is 2.42. The summed E-state index contributed by atoms with van der Waals surface area (Å²) in [7, 11) is -3.64. The molecule has 0 bridgehead atoms. The summed E-state index contributed by atoms with van der Waals surface area (Å²) in [5, 5.41) is 13.2. The van der Waals surface area contributed by atoms with Crippen LogP contribution in [0.25, 0.3) is 10.9 Å². The predicted molar refractivity (Wildman–Crippen MR) is 151 cm³/mol. The van der Waals surface area contributed by atoms with E-state index in [2.05, 4.69) is 21.1 Å². The van der Waals surface area contributed by atoms with Crippen molar-refractivity contribution in [1.82, 2.24) is 14.9 Å². The van der Waals surface area contributed by atoms with Gasteiger partial charge in [0.1, 0.15) is 23.1 Å². The Bertz CT molecular complexity index is 1620. The highest BCUT2D eigenvalue weighted by atomic mass is 32.2. The lowest BCUT2D eigenvalue weighted by Gasteiger charge is -2.32. The number of nitrogens with one attached hydrogen (secondary N) is 2. The molecular weight excluding hydrogens is 530 g/mol. The first-order valence-corrected chi connectivity index (χ1v) is 15.5. The minimum Gasteiger partial charge on any atom is -0.456 e. The Labute approximate surface area is 233 Å². The van der Waals surface area contributed by atoms with Gasteiger partial charge in [0.15, 0.2) is 0 Å². The van der Waals surface area contributed by atoms with Gasteiger partial charge in [0.05, 0.1) is 46.4 Å². The molecule has 2 N–H and O–H groups in total. The van der Waals surface area contributed by atoms with Crippen molar-refractivity contribution in [2.75, 3.05) is 24.4 Å². The number of rotatable bonds is 6. The number of benzene rings is 2. The first kappa shape index (κ1) is 26.7. The molecule has 3 heterocycles. The van der Waals surface area contributed by atoms with E-state index >= 15 is 0 Å². The highest BCUT2D eigenvalue weighted by molar-refractivity contribution is 7.93. The Morgan fingerprint density at radius 2 is 1.95 bits per heavy atom. The van der Waals surface area contributed by atoms with Crippen LogP contribution in [-0.2, 0) is 14.8 Å². The van der Waals surface area contributed by atoms with Gasteiger partial charge in [-0.25, -0.2) is 13.4 Å². The molecule has 1 spiro atoms. The largest absolute Gasteiger partial charge is 0.456 e. The van der Waals surface area contributed by atoms with E-state index in [4.69, 9.17) is 9.47 Å². The lowest BCUT2D eigenvalue weighted by Crippen LogP contribution is -2.41. The quantitative estimate of drug-likeness (QED) is 0.455. The third kappa shape index (κ3) is 5.19. The minimum atomic E-state index is -3.64. The molecule has 2 aromatic carbocycles. The van der Waals surface area contributed by atoms with Crippen molar-refractivity contribution < 1.29 is 17.9 Å². The topological polar surface area (TPSA) is 135 Å². The molecule has 1 atom stereocenters. The van der Waals surface area contributed by atoms with Crippen LogP contribution in [-0.4, -0.2) is 48.5 Å². The van der Waals surface area contributed by atoms with Crippen molar-refractivity contribution in [3.8, 4) is 17.6 Å². The number of fused-ring (bicyclic) bond motifs is 1. The molecule has 1 aromatic heterocycles. The smallest absolute Gasteiger partial charge is 0.261 e. The van der Waals surface area contributed by atoms with Gasteiger partial charge in [-0.3, -0.25) is 14.1 Å². The van der Waals surface area contributed by atoms with E-state index in [0.717, 1.165) is 51.6 Å². The lowest BCUT2D eigenvalue weighted by atomic mass is 9.88. The number of hydrogen-bond donors (Lipinski definition) is 2. The summed E-state index contributed by atoms with van der Waals surface area (Å²) in [6, 6.07) is 11.8. The van der Waals surface area contributed by atoms with E-state index in [-0.39, 0.29) is 34.2 Å². The molecule has 1 aliphatic carbocycles. The van der Waals surface area contributed by atoms with Gasteiger partial charge in [-0.05, 0) is 75.5 Å². The van der Waals surface area contributed by atoms with Crippen molar-refractivity contribution in [3.63, 3.8) is 0 Å². The van der Waals surface area contributed by atoms with Crippen molar-refractivity contribution >= 4 is 26.6 Å².